The summed E-state index contributed by atoms with van der Waals surface area (Å²) in [4.78, 5) is 0. The normalized spacial score (nSPS) is 18.2. The quantitative estimate of drug-likeness (QED) is 0.671. The van der Waals surface area contributed by atoms with Crippen molar-refractivity contribution in [2.24, 2.45) is 0 Å². The zero-order valence-electron chi connectivity index (χ0n) is 8.24. The third-order valence-electron chi connectivity index (χ3n) is 2.35. The van der Waals surface area contributed by atoms with E-state index in [2.05, 4.69) is 0 Å². The lowest BCUT2D eigenvalue weighted by Crippen LogP contribution is -2.16. The fraction of sp³-hybridized carbons (Fsp3) is 0.600. The molecule has 0 aromatic rings. The Balaban J connectivity index is 3.05. The van der Waals surface area contributed by atoms with Crippen molar-refractivity contribution in [2.45, 2.75) is 32.4 Å². The second kappa shape index (κ2) is 4.07. The molecule has 0 unspecified atom stereocenters. The van der Waals surface area contributed by atoms with Crippen LogP contribution in [0.15, 0.2) is 23.0 Å². The van der Waals surface area contributed by atoms with E-state index in [-0.39, 0.29) is 0 Å². The first-order valence-electron chi connectivity index (χ1n) is 4.52. The van der Waals surface area contributed by atoms with Crippen LogP contribution in [-0.4, -0.2) is 13.3 Å². The van der Waals surface area contributed by atoms with E-state index in [9.17, 15) is 13.2 Å². The number of allylic oxidation sites excluding steroid dienone is 4. The number of methoxy groups -OCH3 is 1. The van der Waals surface area contributed by atoms with Crippen LogP contribution in [0.1, 0.15) is 26.2 Å². The van der Waals surface area contributed by atoms with Crippen LogP contribution < -0.4 is 0 Å². The Hall–Kier alpha value is -0.930. The van der Waals surface area contributed by atoms with Gasteiger partial charge in [-0.3, -0.25) is 0 Å². The number of ether oxygens (including phenoxy) is 1. The van der Waals surface area contributed by atoms with Gasteiger partial charge in [-0.1, -0.05) is 12.5 Å². The molecular formula is C10H13F3O. The van der Waals surface area contributed by atoms with E-state index in [1.807, 2.05) is 0 Å². The summed E-state index contributed by atoms with van der Waals surface area (Å²) in [5.74, 6) is 0.412. The summed E-state index contributed by atoms with van der Waals surface area (Å²) in [6, 6.07) is 0. The highest BCUT2D eigenvalue weighted by Crippen LogP contribution is 2.36. The van der Waals surface area contributed by atoms with Crippen LogP contribution >= 0.6 is 0 Å². The molecule has 0 aromatic heterocycles. The van der Waals surface area contributed by atoms with Gasteiger partial charge in [0.15, 0.2) is 0 Å². The topological polar surface area (TPSA) is 9.23 Å². The molecule has 0 heterocycles. The van der Waals surface area contributed by atoms with E-state index in [4.69, 9.17) is 4.74 Å². The summed E-state index contributed by atoms with van der Waals surface area (Å²) in [6.07, 6.45) is -1.68. The van der Waals surface area contributed by atoms with Gasteiger partial charge in [0.1, 0.15) is 0 Å². The monoisotopic (exact) mass is 206 g/mol. The summed E-state index contributed by atoms with van der Waals surface area (Å²) >= 11 is 0. The smallest absolute Gasteiger partial charge is 0.416 e. The van der Waals surface area contributed by atoms with Crippen LogP contribution in [0.4, 0.5) is 13.2 Å². The van der Waals surface area contributed by atoms with Crippen molar-refractivity contribution in [3.63, 3.8) is 0 Å². The zero-order valence-corrected chi connectivity index (χ0v) is 8.24. The van der Waals surface area contributed by atoms with E-state index in [1.54, 1.807) is 6.92 Å². The Morgan fingerprint density at radius 2 is 2.00 bits per heavy atom. The van der Waals surface area contributed by atoms with Crippen LogP contribution in [0.2, 0.25) is 0 Å². The molecule has 0 spiro atoms. The Morgan fingerprint density at radius 1 is 1.36 bits per heavy atom. The molecular weight excluding hydrogens is 193 g/mol. The van der Waals surface area contributed by atoms with Crippen molar-refractivity contribution in [1.29, 1.82) is 0 Å². The maximum Gasteiger partial charge on any atom is 0.416 e. The molecule has 1 aliphatic carbocycles. The first kappa shape index (κ1) is 11.1. The predicted molar refractivity (Wildman–Crippen MR) is 47.7 cm³/mol. The van der Waals surface area contributed by atoms with Crippen LogP contribution in [0.25, 0.3) is 0 Å². The second-order valence-electron chi connectivity index (χ2n) is 3.18. The highest BCUT2D eigenvalue weighted by molar-refractivity contribution is 5.35. The molecule has 0 N–H and O–H groups in total. The van der Waals surface area contributed by atoms with E-state index < -0.39 is 11.7 Å². The minimum atomic E-state index is -4.25. The fourth-order valence-corrected chi connectivity index (χ4v) is 1.55. The number of rotatable bonds is 2. The Bertz CT molecular complexity index is 274. The van der Waals surface area contributed by atoms with Gasteiger partial charge < -0.3 is 4.74 Å². The summed E-state index contributed by atoms with van der Waals surface area (Å²) in [7, 11) is 1.40. The lowest BCUT2D eigenvalue weighted by molar-refractivity contribution is -0.0899. The molecule has 0 saturated carbocycles. The lowest BCUT2D eigenvalue weighted by Gasteiger charge is -2.20. The molecule has 14 heavy (non-hydrogen) atoms. The van der Waals surface area contributed by atoms with Gasteiger partial charge in [0.25, 0.3) is 0 Å². The van der Waals surface area contributed by atoms with Gasteiger partial charge in [0.2, 0.25) is 0 Å². The van der Waals surface area contributed by atoms with E-state index in [1.165, 1.54) is 7.11 Å². The Labute approximate surface area is 81.2 Å². The minimum Gasteiger partial charge on any atom is -0.501 e. The lowest BCUT2D eigenvalue weighted by atomic mass is 9.94. The first-order valence-corrected chi connectivity index (χ1v) is 4.52. The maximum atomic E-state index is 12.5. The van der Waals surface area contributed by atoms with Gasteiger partial charge in [-0.25, -0.2) is 0 Å². The first-order chi connectivity index (χ1) is 6.49. The summed E-state index contributed by atoms with van der Waals surface area (Å²) in [5.41, 5.74) is -0.0543. The van der Waals surface area contributed by atoms with Crippen molar-refractivity contribution in [2.75, 3.05) is 7.11 Å². The molecule has 0 atom stereocenters. The molecule has 0 radical (unpaired) electrons. The van der Waals surface area contributed by atoms with Gasteiger partial charge in [-0.05, 0) is 18.9 Å². The number of halogens is 3. The highest BCUT2D eigenvalue weighted by atomic mass is 19.4. The van der Waals surface area contributed by atoms with Gasteiger partial charge >= 0.3 is 6.18 Å². The van der Waals surface area contributed by atoms with Crippen molar-refractivity contribution >= 4 is 0 Å². The van der Waals surface area contributed by atoms with E-state index >= 15 is 0 Å². The molecule has 1 aliphatic rings. The summed E-state index contributed by atoms with van der Waals surface area (Å²) in [5, 5.41) is 0. The van der Waals surface area contributed by atoms with Crippen LogP contribution in [0.3, 0.4) is 0 Å². The van der Waals surface area contributed by atoms with Crippen molar-refractivity contribution < 1.29 is 17.9 Å². The predicted octanol–water partition coefficient (Wildman–Crippen LogP) is 3.58. The van der Waals surface area contributed by atoms with E-state index in [0.717, 1.165) is 6.08 Å². The molecule has 80 valence electrons. The molecule has 0 fully saturated rings. The molecule has 4 heteroatoms. The van der Waals surface area contributed by atoms with Crippen molar-refractivity contribution in [1.82, 2.24) is 0 Å². The third kappa shape index (κ3) is 2.30. The van der Waals surface area contributed by atoms with Gasteiger partial charge in [-0.15, -0.1) is 0 Å². The maximum absolute atomic E-state index is 12.5. The average Bonchev–Trinajstić information content (AvgIpc) is 2.15. The Kier molecular flexibility index (Phi) is 3.24. The number of hydrogen-bond acceptors (Lipinski definition) is 1. The standard InChI is InChI=1S/C10H13F3O/c1-3-7-4-5-8(14-2)6-9(7)10(11,12)13/h6H,3-5H2,1-2H3. The molecule has 0 aromatic carbocycles. The summed E-state index contributed by atoms with van der Waals surface area (Å²) in [6.45, 7) is 1.74. The van der Waals surface area contributed by atoms with Crippen LogP contribution in [-0.2, 0) is 4.74 Å². The molecule has 1 nitrogen and oxygen atoms in total. The van der Waals surface area contributed by atoms with Gasteiger partial charge in [0.05, 0.1) is 18.4 Å². The zero-order chi connectivity index (χ0) is 10.8. The van der Waals surface area contributed by atoms with Gasteiger partial charge in [-0.2, -0.15) is 13.2 Å². The average molecular weight is 206 g/mol. The largest absolute Gasteiger partial charge is 0.501 e. The fourth-order valence-electron chi connectivity index (χ4n) is 1.55. The van der Waals surface area contributed by atoms with E-state index in [0.29, 0.717) is 30.6 Å². The molecule has 0 saturated heterocycles. The number of alkyl halides is 3. The minimum absolute atomic E-state index is 0.412. The Morgan fingerprint density at radius 3 is 2.43 bits per heavy atom. The molecule has 0 aliphatic heterocycles. The SMILES string of the molecule is CCC1=C(C(F)(F)F)C=C(OC)CC1. The third-order valence-corrected chi connectivity index (χ3v) is 2.35. The van der Waals surface area contributed by atoms with Crippen LogP contribution in [0, 0.1) is 0 Å². The molecule has 0 amide bonds. The number of hydrogen-bond donors (Lipinski definition) is 0. The van der Waals surface area contributed by atoms with Gasteiger partial charge in [0, 0.05) is 6.42 Å². The molecule has 0 bridgehead atoms. The van der Waals surface area contributed by atoms with Crippen molar-refractivity contribution in [3.8, 4) is 0 Å². The van der Waals surface area contributed by atoms with Crippen molar-refractivity contribution in [3.05, 3.63) is 23.0 Å². The van der Waals surface area contributed by atoms with Crippen LogP contribution in [0.5, 0.6) is 0 Å². The summed E-state index contributed by atoms with van der Waals surface area (Å²) < 4.78 is 42.4. The highest BCUT2D eigenvalue weighted by Gasteiger charge is 2.36. The second-order valence-corrected chi connectivity index (χ2v) is 3.18. The molecule has 1 rings (SSSR count).